The molecule has 1 aromatic rings. The zero-order valence-corrected chi connectivity index (χ0v) is 14.0. The van der Waals surface area contributed by atoms with Crippen LogP contribution >= 0.6 is 0 Å². The standard InChI is InChI=1S/C18H30N2O/c1-5-20(14-16-9-7-6-8-15(16)2)17(21)10-11-18(3,4)12-13-19/h6-9H,5,10-14,19H2,1-4H3. The molecule has 0 aromatic heterocycles. The first-order chi connectivity index (χ1) is 9.89. The predicted molar refractivity (Wildman–Crippen MR) is 89.0 cm³/mol. The van der Waals surface area contributed by atoms with E-state index in [2.05, 4.69) is 32.9 Å². The third-order valence-corrected chi connectivity index (χ3v) is 4.19. The van der Waals surface area contributed by atoms with Crippen molar-refractivity contribution in [3.63, 3.8) is 0 Å². The fraction of sp³-hybridized carbons (Fsp3) is 0.611. The minimum Gasteiger partial charge on any atom is -0.339 e. The van der Waals surface area contributed by atoms with Crippen molar-refractivity contribution in [2.24, 2.45) is 11.1 Å². The molecule has 0 atom stereocenters. The summed E-state index contributed by atoms with van der Waals surface area (Å²) in [7, 11) is 0. The number of hydrogen-bond donors (Lipinski definition) is 1. The maximum absolute atomic E-state index is 12.4. The summed E-state index contributed by atoms with van der Waals surface area (Å²) in [6, 6.07) is 8.26. The number of nitrogens with two attached hydrogens (primary N) is 1. The zero-order valence-electron chi connectivity index (χ0n) is 14.0. The molecule has 0 aliphatic rings. The quantitative estimate of drug-likeness (QED) is 0.796. The van der Waals surface area contributed by atoms with Gasteiger partial charge in [-0.15, -0.1) is 0 Å². The fourth-order valence-corrected chi connectivity index (χ4v) is 2.49. The number of hydrogen-bond acceptors (Lipinski definition) is 2. The highest BCUT2D eigenvalue weighted by molar-refractivity contribution is 5.76. The molecule has 0 radical (unpaired) electrons. The monoisotopic (exact) mass is 290 g/mol. The molecule has 2 N–H and O–H groups in total. The molecule has 0 spiro atoms. The fourth-order valence-electron chi connectivity index (χ4n) is 2.49. The van der Waals surface area contributed by atoms with Gasteiger partial charge in [0.1, 0.15) is 0 Å². The normalized spacial score (nSPS) is 11.5. The first-order valence-corrected chi connectivity index (χ1v) is 7.92. The van der Waals surface area contributed by atoms with Gasteiger partial charge in [0.15, 0.2) is 0 Å². The Morgan fingerprint density at radius 2 is 1.90 bits per heavy atom. The average molecular weight is 290 g/mol. The Balaban J connectivity index is 2.60. The van der Waals surface area contributed by atoms with Crippen LogP contribution in [0, 0.1) is 12.3 Å². The van der Waals surface area contributed by atoms with Crippen LogP contribution in [0.25, 0.3) is 0 Å². The molecule has 0 saturated heterocycles. The highest BCUT2D eigenvalue weighted by atomic mass is 16.2. The highest BCUT2D eigenvalue weighted by Crippen LogP contribution is 2.26. The number of aryl methyl sites for hydroxylation is 1. The number of amides is 1. The van der Waals surface area contributed by atoms with Crippen LogP contribution in [0.4, 0.5) is 0 Å². The Morgan fingerprint density at radius 1 is 1.24 bits per heavy atom. The van der Waals surface area contributed by atoms with E-state index in [0.29, 0.717) is 19.5 Å². The van der Waals surface area contributed by atoms with E-state index in [1.807, 2.05) is 24.0 Å². The third kappa shape index (κ3) is 5.88. The topological polar surface area (TPSA) is 46.3 Å². The van der Waals surface area contributed by atoms with Crippen LogP contribution in [0.3, 0.4) is 0 Å². The number of nitrogens with zero attached hydrogens (tertiary/aromatic N) is 1. The molecule has 3 heteroatoms. The first-order valence-electron chi connectivity index (χ1n) is 7.92. The summed E-state index contributed by atoms with van der Waals surface area (Å²) in [5, 5.41) is 0. The Bertz CT molecular complexity index is 454. The van der Waals surface area contributed by atoms with E-state index in [-0.39, 0.29) is 11.3 Å². The Hall–Kier alpha value is -1.35. The largest absolute Gasteiger partial charge is 0.339 e. The van der Waals surface area contributed by atoms with Gasteiger partial charge in [0, 0.05) is 19.5 Å². The summed E-state index contributed by atoms with van der Waals surface area (Å²) in [4.78, 5) is 14.4. The van der Waals surface area contributed by atoms with Crippen LogP contribution < -0.4 is 5.73 Å². The van der Waals surface area contributed by atoms with Gasteiger partial charge in [-0.2, -0.15) is 0 Å². The molecule has 3 nitrogen and oxygen atoms in total. The van der Waals surface area contributed by atoms with Crippen LogP contribution in [-0.4, -0.2) is 23.9 Å². The number of carbonyl (C=O) groups is 1. The highest BCUT2D eigenvalue weighted by Gasteiger charge is 2.20. The van der Waals surface area contributed by atoms with Crippen LogP contribution in [0.2, 0.25) is 0 Å². The molecular formula is C18H30N2O. The number of rotatable bonds is 8. The van der Waals surface area contributed by atoms with Gasteiger partial charge in [-0.25, -0.2) is 0 Å². The smallest absolute Gasteiger partial charge is 0.222 e. The molecule has 21 heavy (non-hydrogen) atoms. The molecule has 1 aromatic carbocycles. The summed E-state index contributed by atoms with van der Waals surface area (Å²) < 4.78 is 0. The molecule has 118 valence electrons. The van der Waals surface area contributed by atoms with Crippen molar-refractivity contribution in [1.82, 2.24) is 4.90 Å². The molecule has 0 saturated carbocycles. The van der Waals surface area contributed by atoms with Gasteiger partial charge in [-0.3, -0.25) is 4.79 Å². The van der Waals surface area contributed by atoms with E-state index in [0.717, 1.165) is 19.4 Å². The van der Waals surface area contributed by atoms with Crippen molar-refractivity contribution in [1.29, 1.82) is 0 Å². The molecule has 0 bridgehead atoms. The molecule has 0 aliphatic heterocycles. The Morgan fingerprint density at radius 3 is 2.48 bits per heavy atom. The lowest BCUT2D eigenvalue weighted by atomic mass is 9.84. The molecule has 1 amide bonds. The van der Waals surface area contributed by atoms with E-state index in [1.165, 1.54) is 11.1 Å². The van der Waals surface area contributed by atoms with E-state index < -0.39 is 0 Å². The first kappa shape index (κ1) is 17.7. The Labute approximate surface area is 129 Å². The lowest BCUT2D eigenvalue weighted by Crippen LogP contribution is -2.31. The van der Waals surface area contributed by atoms with Crippen molar-refractivity contribution in [3.05, 3.63) is 35.4 Å². The maximum Gasteiger partial charge on any atom is 0.222 e. The predicted octanol–water partition coefficient (Wildman–Crippen LogP) is 3.50. The van der Waals surface area contributed by atoms with E-state index in [9.17, 15) is 4.79 Å². The molecule has 0 heterocycles. The van der Waals surface area contributed by atoms with Crippen LogP contribution in [0.15, 0.2) is 24.3 Å². The molecule has 1 rings (SSSR count). The van der Waals surface area contributed by atoms with Crippen molar-refractivity contribution >= 4 is 5.91 Å². The summed E-state index contributed by atoms with van der Waals surface area (Å²) in [6.07, 6.45) is 2.46. The SMILES string of the molecule is CCN(Cc1ccccc1C)C(=O)CCC(C)(C)CCN. The second-order valence-corrected chi connectivity index (χ2v) is 6.54. The van der Waals surface area contributed by atoms with Crippen molar-refractivity contribution < 1.29 is 4.79 Å². The maximum atomic E-state index is 12.4. The van der Waals surface area contributed by atoms with Crippen molar-refractivity contribution in [2.75, 3.05) is 13.1 Å². The van der Waals surface area contributed by atoms with E-state index >= 15 is 0 Å². The lowest BCUT2D eigenvalue weighted by Gasteiger charge is -2.26. The van der Waals surface area contributed by atoms with E-state index in [4.69, 9.17) is 5.73 Å². The molecule has 0 fully saturated rings. The third-order valence-electron chi connectivity index (χ3n) is 4.19. The van der Waals surface area contributed by atoms with Gasteiger partial charge in [0.25, 0.3) is 0 Å². The number of carbonyl (C=O) groups excluding carboxylic acids is 1. The number of benzene rings is 1. The second kappa shape index (κ2) is 8.18. The van der Waals surface area contributed by atoms with Crippen LogP contribution in [0.5, 0.6) is 0 Å². The zero-order chi connectivity index (χ0) is 15.9. The van der Waals surface area contributed by atoms with Crippen LogP contribution in [-0.2, 0) is 11.3 Å². The Kier molecular flexibility index (Phi) is 6.90. The minimum absolute atomic E-state index is 0.145. The van der Waals surface area contributed by atoms with Gasteiger partial charge >= 0.3 is 0 Å². The summed E-state index contributed by atoms with van der Waals surface area (Å²) in [5.41, 5.74) is 8.25. The van der Waals surface area contributed by atoms with Crippen molar-refractivity contribution in [2.45, 2.75) is 53.5 Å². The molecule has 0 unspecified atom stereocenters. The van der Waals surface area contributed by atoms with Gasteiger partial charge in [0.2, 0.25) is 5.91 Å². The summed E-state index contributed by atoms with van der Waals surface area (Å²) in [5.74, 6) is 0.242. The van der Waals surface area contributed by atoms with E-state index in [1.54, 1.807) is 0 Å². The summed E-state index contributed by atoms with van der Waals surface area (Å²) >= 11 is 0. The minimum atomic E-state index is 0.145. The molecule has 0 aliphatic carbocycles. The van der Waals surface area contributed by atoms with Gasteiger partial charge < -0.3 is 10.6 Å². The summed E-state index contributed by atoms with van der Waals surface area (Å²) in [6.45, 7) is 10.7. The van der Waals surface area contributed by atoms with Gasteiger partial charge in [-0.05, 0) is 49.8 Å². The second-order valence-electron chi connectivity index (χ2n) is 6.54. The van der Waals surface area contributed by atoms with Crippen LogP contribution in [0.1, 0.15) is 51.2 Å². The lowest BCUT2D eigenvalue weighted by molar-refractivity contribution is -0.132. The molecular weight excluding hydrogens is 260 g/mol. The van der Waals surface area contributed by atoms with Crippen molar-refractivity contribution in [3.8, 4) is 0 Å². The van der Waals surface area contributed by atoms with Gasteiger partial charge in [-0.1, -0.05) is 38.1 Å². The average Bonchev–Trinajstić information content (AvgIpc) is 2.44. The van der Waals surface area contributed by atoms with Gasteiger partial charge in [0.05, 0.1) is 0 Å².